The third-order valence-electron chi connectivity index (χ3n) is 3.65. The van der Waals surface area contributed by atoms with E-state index in [1.165, 1.54) is 18.5 Å². The summed E-state index contributed by atoms with van der Waals surface area (Å²) in [5.41, 5.74) is 0.448. The molecule has 0 radical (unpaired) electrons. The second kappa shape index (κ2) is 8.61. The molecule has 0 aliphatic carbocycles. The molecule has 9 nitrogen and oxygen atoms in total. The molecule has 0 saturated carbocycles. The first-order valence-corrected chi connectivity index (χ1v) is 9.01. The zero-order valence-corrected chi connectivity index (χ0v) is 16.3. The molecule has 2 aromatic carbocycles. The molecule has 1 amide bonds. The fraction of sp³-hybridized carbons (Fsp3) is 0.167. The zero-order valence-electron chi connectivity index (χ0n) is 14.7. The van der Waals surface area contributed by atoms with E-state index in [-0.39, 0.29) is 23.9 Å². The van der Waals surface area contributed by atoms with Gasteiger partial charge < -0.3 is 14.8 Å². The Balaban J connectivity index is 1.73. The molecule has 1 aromatic heterocycles. The number of halogens is 1. The van der Waals surface area contributed by atoms with Crippen molar-refractivity contribution in [3.8, 4) is 11.6 Å². The van der Waals surface area contributed by atoms with Gasteiger partial charge in [0, 0.05) is 4.47 Å². The zero-order chi connectivity index (χ0) is 20.1. The van der Waals surface area contributed by atoms with E-state index in [4.69, 9.17) is 9.47 Å². The van der Waals surface area contributed by atoms with E-state index in [2.05, 4.69) is 31.2 Å². The second-order valence-corrected chi connectivity index (χ2v) is 6.46. The van der Waals surface area contributed by atoms with Gasteiger partial charge in [-0.25, -0.2) is 9.97 Å². The maximum absolute atomic E-state index is 12.2. The number of nitro benzene ring substituents is 1. The summed E-state index contributed by atoms with van der Waals surface area (Å²) in [5, 5.41) is 14.4. The summed E-state index contributed by atoms with van der Waals surface area (Å²) in [6, 6.07) is 9.62. The molecule has 3 aromatic rings. The third-order valence-corrected chi connectivity index (χ3v) is 4.15. The van der Waals surface area contributed by atoms with Crippen LogP contribution in [0.25, 0.3) is 10.9 Å². The number of anilines is 1. The molecule has 0 bridgehead atoms. The molecule has 3 rings (SSSR count). The monoisotopic (exact) mass is 446 g/mol. The van der Waals surface area contributed by atoms with Crippen LogP contribution >= 0.6 is 15.9 Å². The van der Waals surface area contributed by atoms with Crippen molar-refractivity contribution in [2.45, 2.75) is 6.92 Å². The highest BCUT2D eigenvalue weighted by molar-refractivity contribution is 9.10. The smallest absolute Gasteiger partial charge is 0.296 e. The van der Waals surface area contributed by atoms with Crippen LogP contribution < -0.4 is 14.8 Å². The van der Waals surface area contributed by atoms with E-state index in [1.54, 1.807) is 25.1 Å². The van der Waals surface area contributed by atoms with Gasteiger partial charge >= 0.3 is 0 Å². The van der Waals surface area contributed by atoms with Crippen molar-refractivity contribution >= 4 is 44.1 Å². The van der Waals surface area contributed by atoms with Crippen LogP contribution in [0.1, 0.15) is 6.92 Å². The molecule has 10 heteroatoms. The predicted molar refractivity (Wildman–Crippen MR) is 106 cm³/mol. The maximum Gasteiger partial charge on any atom is 0.296 e. The van der Waals surface area contributed by atoms with Crippen molar-refractivity contribution in [2.75, 3.05) is 18.5 Å². The number of nitro groups is 1. The molecule has 0 saturated heterocycles. The number of carbonyl (C=O) groups is 1. The average Bonchev–Trinajstić information content (AvgIpc) is 2.67. The van der Waals surface area contributed by atoms with Gasteiger partial charge in [0.15, 0.2) is 6.61 Å². The van der Waals surface area contributed by atoms with Gasteiger partial charge in [-0.05, 0) is 37.3 Å². The van der Waals surface area contributed by atoms with Gasteiger partial charge in [-0.2, -0.15) is 0 Å². The second-order valence-electron chi connectivity index (χ2n) is 5.55. The molecule has 1 heterocycles. The Hall–Kier alpha value is -3.27. The van der Waals surface area contributed by atoms with E-state index in [0.29, 0.717) is 23.3 Å². The number of carbonyl (C=O) groups excluding carboxylic acids is 1. The number of hydrogen-bond donors (Lipinski definition) is 1. The first-order chi connectivity index (χ1) is 13.5. The first kappa shape index (κ1) is 19.5. The van der Waals surface area contributed by atoms with E-state index in [0.717, 1.165) is 4.47 Å². The van der Waals surface area contributed by atoms with Gasteiger partial charge in [-0.1, -0.05) is 15.9 Å². The highest BCUT2D eigenvalue weighted by atomic mass is 79.9. The van der Waals surface area contributed by atoms with Gasteiger partial charge in [0.2, 0.25) is 5.88 Å². The Morgan fingerprint density at radius 3 is 2.79 bits per heavy atom. The summed E-state index contributed by atoms with van der Waals surface area (Å²) in [5.74, 6) is 0.0261. The lowest BCUT2D eigenvalue weighted by Gasteiger charge is -2.10. The fourth-order valence-corrected chi connectivity index (χ4v) is 2.83. The van der Waals surface area contributed by atoms with Crippen molar-refractivity contribution in [3.63, 3.8) is 0 Å². The quantitative estimate of drug-likeness (QED) is 0.434. The molecule has 1 N–H and O–H groups in total. The lowest BCUT2D eigenvalue weighted by Crippen LogP contribution is -2.21. The molecule has 144 valence electrons. The van der Waals surface area contributed by atoms with Gasteiger partial charge in [0.05, 0.1) is 28.5 Å². The number of nitrogens with zero attached hydrogens (tertiary/aromatic N) is 3. The number of benzene rings is 2. The number of fused-ring (bicyclic) bond motifs is 1. The first-order valence-electron chi connectivity index (χ1n) is 8.22. The molecule has 0 aliphatic heterocycles. The summed E-state index contributed by atoms with van der Waals surface area (Å²) < 4.78 is 11.6. The average molecular weight is 447 g/mol. The molecule has 0 unspecified atom stereocenters. The Morgan fingerprint density at radius 1 is 1.21 bits per heavy atom. The highest BCUT2D eigenvalue weighted by Crippen LogP contribution is 2.29. The minimum Gasteiger partial charge on any atom is -0.494 e. The SMILES string of the molecule is CCOc1ccc(NC(=O)COc2ncnc3ccc(Br)cc23)c([N+](=O)[O-])c1. The van der Waals surface area contributed by atoms with Crippen LogP contribution in [0.15, 0.2) is 47.2 Å². The van der Waals surface area contributed by atoms with Crippen LogP contribution in [0.2, 0.25) is 0 Å². The normalized spacial score (nSPS) is 10.5. The number of hydrogen-bond acceptors (Lipinski definition) is 7. The lowest BCUT2D eigenvalue weighted by atomic mass is 10.2. The number of rotatable bonds is 7. The van der Waals surface area contributed by atoms with Crippen LogP contribution in [0.5, 0.6) is 11.6 Å². The van der Waals surface area contributed by atoms with Crippen molar-refractivity contribution in [2.24, 2.45) is 0 Å². The van der Waals surface area contributed by atoms with Gasteiger partial charge in [0.25, 0.3) is 11.6 Å². The van der Waals surface area contributed by atoms with E-state index in [9.17, 15) is 14.9 Å². The van der Waals surface area contributed by atoms with Crippen LogP contribution in [-0.2, 0) is 4.79 Å². The third kappa shape index (κ3) is 4.52. The molecule has 0 fully saturated rings. The Labute approximate surface area is 168 Å². The minimum atomic E-state index is -0.589. The van der Waals surface area contributed by atoms with Crippen molar-refractivity contribution in [1.29, 1.82) is 0 Å². The number of amides is 1. The molecule has 28 heavy (non-hydrogen) atoms. The Morgan fingerprint density at radius 2 is 2.04 bits per heavy atom. The van der Waals surface area contributed by atoms with E-state index in [1.807, 2.05) is 6.07 Å². The topological polar surface area (TPSA) is 116 Å². The van der Waals surface area contributed by atoms with Crippen molar-refractivity contribution in [3.05, 3.63) is 57.3 Å². The summed E-state index contributed by atoms with van der Waals surface area (Å²) in [6.07, 6.45) is 1.33. The van der Waals surface area contributed by atoms with Crippen LogP contribution in [0.4, 0.5) is 11.4 Å². The van der Waals surface area contributed by atoms with Gasteiger partial charge in [-0.15, -0.1) is 0 Å². The van der Waals surface area contributed by atoms with Crippen LogP contribution in [0, 0.1) is 10.1 Å². The number of ether oxygens (including phenoxy) is 2. The Kier molecular flexibility index (Phi) is 5.99. The van der Waals surface area contributed by atoms with Crippen LogP contribution in [-0.4, -0.2) is 34.0 Å². The summed E-state index contributed by atoms with van der Waals surface area (Å²) in [6.45, 7) is 1.77. The predicted octanol–water partition coefficient (Wildman–Crippen LogP) is 3.72. The van der Waals surface area contributed by atoms with Crippen molar-refractivity contribution in [1.82, 2.24) is 9.97 Å². The molecule has 0 aliphatic rings. The lowest BCUT2D eigenvalue weighted by molar-refractivity contribution is -0.384. The van der Waals surface area contributed by atoms with Gasteiger partial charge in [0.1, 0.15) is 17.8 Å². The maximum atomic E-state index is 12.2. The molecule has 0 atom stereocenters. The number of aromatic nitrogens is 2. The van der Waals surface area contributed by atoms with E-state index < -0.39 is 10.8 Å². The van der Waals surface area contributed by atoms with Crippen molar-refractivity contribution < 1.29 is 19.2 Å². The van der Waals surface area contributed by atoms with Gasteiger partial charge in [-0.3, -0.25) is 14.9 Å². The fourth-order valence-electron chi connectivity index (χ4n) is 2.47. The minimum absolute atomic E-state index is 0.0531. The molecule has 0 spiro atoms. The number of nitrogens with one attached hydrogen (secondary N) is 1. The van der Waals surface area contributed by atoms with Crippen LogP contribution in [0.3, 0.4) is 0 Å². The largest absolute Gasteiger partial charge is 0.494 e. The van der Waals surface area contributed by atoms with E-state index >= 15 is 0 Å². The summed E-state index contributed by atoms with van der Waals surface area (Å²) >= 11 is 3.36. The highest BCUT2D eigenvalue weighted by Gasteiger charge is 2.18. The molecular weight excluding hydrogens is 432 g/mol. The summed E-state index contributed by atoms with van der Waals surface area (Å²) in [7, 11) is 0. The standard InChI is InChI=1S/C18H15BrN4O5/c1-2-27-12-4-6-15(16(8-12)23(25)26)22-17(24)9-28-18-13-7-11(19)3-5-14(13)20-10-21-18/h3-8,10H,2,9H2,1H3,(H,22,24). The Bertz CT molecular complexity index is 1040. The summed E-state index contributed by atoms with van der Waals surface area (Å²) in [4.78, 5) is 31.1. The molecular formula is C18H15BrN4O5.